The number of rotatable bonds is 4. The molecule has 10 fully saturated rings. The van der Waals surface area contributed by atoms with Crippen LogP contribution in [0.2, 0.25) is 0 Å². The van der Waals surface area contributed by atoms with Crippen LogP contribution in [0.5, 0.6) is 0 Å². The highest BCUT2D eigenvalue weighted by Crippen LogP contribution is 2.69. The molecule has 10 rings (SSSR count). The summed E-state index contributed by atoms with van der Waals surface area (Å²) in [6.45, 7) is 58.3. The van der Waals surface area contributed by atoms with E-state index in [1.165, 1.54) is 83.5 Å². The van der Waals surface area contributed by atoms with E-state index in [-0.39, 0.29) is 41.9 Å². The molecule has 0 saturated heterocycles. The highest BCUT2D eigenvalue weighted by Gasteiger charge is 2.69. The molecule has 2 spiro atoms. The first-order valence-corrected chi connectivity index (χ1v) is 35.1. The predicted octanol–water partition coefficient (Wildman–Crippen LogP) is 28.8. The minimum Gasteiger partial charge on any atom is -0.207 e. The van der Waals surface area contributed by atoms with E-state index < -0.39 is 46.1 Å². The molecule has 0 unspecified atom stereocenters. The van der Waals surface area contributed by atoms with Crippen LogP contribution in [0.15, 0.2) is 0 Å². The van der Waals surface area contributed by atoms with E-state index >= 15 is 0 Å². The van der Waals surface area contributed by atoms with E-state index in [2.05, 4.69) is 125 Å². The summed E-state index contributed by atoms with van der Waals surface area (Å²) >= 11 is 0. The predicted molar refractivity (Wildman–Crippen MR) is 351 cm³/mol. The lowest BCUT2D eigenvalue weighted by Gasteiger charge is -2.60. The molecule has 0 radical (unpaired) electrons. The first-order valence-electron chi connectivity index (χ1n) is 35.1. The molecule has 10 saturated carbocycles. The molecule has 10 aliphatic carbocycles. The molecule has 0 aromatic carbocycles. The van der Waals surface area contributed by atoms with Gasteiger partial charge in [0, 0.05) is 12.8 Å². The molecule has 524 valence electrons. The molecule has 11 heteroatoms. The van der Waals surface area contributed by atoms with Gasteiger partial charge in [-0.3, -0.25) is 0 Å². The second kappa shape index (κ2) is 26.7. The van der Waals surface area contributed by atoms with Crippen LogP contribution in [0.3, 0.4) is 0 Å². The number of alkyl halides is 11. The molecule has 0 aromatic heterocycles. The molecule has 0 nitrogen and oxygen atoms in total. The van der Waals surface area contributed by atoms with Crippen molar-refractivity contribution in [3.05, 3.63) is 0 Å². The SMILES string of the molecule is CC(C)(C)C1(C(F)(F)F)CC1.CC(C)(C)C1(C)CCC1.CC(C)(C)C1CC2(C1)CC(F)(F)C2.CC(C)(C)C1CC2(CCC2)C1.CC(C)(C)CC1(C(F)(F)F)CC1.CC(C)(C)CC1(C(F)(F)F)CCC1.CC(C)(C)CC1(C)CC1.CC(C)(C)CC1(C)CCC1. The van der Waals surface area contributed by atoms with Gasteiger partial charge in [-0.2, -0.15) is 39.5 Å². The minimum absolute atomic E-state index is 0.0570. The van der Waals surface area contributed by atoms with Crippen molar-refractivity contribution in [2.24, 2.45) is 98.5 Å². The number of hydrogen-bond acceptors (Lipinski definition) is 0. The lowest BCUT2D eigenvalue weighted by atomic mass is 9.46. The quantitative estimate of drug-likeness (QED) is 0.246. The summed E-state index contributed by atoms with van der Waals surface area (Å²) in [6.07, 6.45) is 15.7. The summed E-state index contributed by atoms with van der Waals surface area (Å²) in [5, 5.41) is 0. The highest BCUT2D eigenvalue weighted by atomic mass is 19.4. The van der Waals surface area contributed by atoms with Crippen LogP contribution in [0.25, 0.3) is 0 Å². The third kappa shape index (κ3) is 23.8. The van der Waals surface area contributed by atoms with Crippen LogP contribution < -0.4 is 0 Å². The molecule has 0 aliphatic heterocycles. The molecule has 0 bridgehead atoms. The number of hydrogen-bond donors (Lipinski definition) is 0. The smallest absolute Gasteiger partial charge is 0.207 e. The first-order chi connectivity index (χ1) is 38.6. The zero-order chi connectivity index (χ0) is 69.0. The molecule has 0 heterocycles. The fourth-order valence-electron chi connectivity index (χ4n) is 16.5. The van der Waals surface area contributed by atoms with Crippen molar-refractivity contribution in [1.82, 2.24) is 0 Å². The Balaban J connectivity index is 0.000000264. The van der Waals surface area contributed by atoms with Gasteiger partial charge >= 0.3 is 18.5 Å². The van der Waals surface area contributed by atoms with E-state index in [1.807, 2.05) is 41.5 Å². The Hall–Kier alpha value is -0.770. The van der Waals surface area contributed by atoms with Crippen LogP contribution in [0, 0.1) is 98.5 Å². The van der Waals surface area contributed by atoms with E-state index in [0.29, 0.717) is 82.3 Å². The van der Waals surface area contributed by atoms with E-state index in [9.17, 15) is 48.3 Å². The highest BCUT2D eigenvalue weighted by molar-refractivity contribution is 5.09. The van der Waals surface area contributed by atoms with Crippen molar-refractivity contribution in [2.45, 2.75) is 391 Å². The summed E-state index contributed by atoms with van der Waals surface area (Å²) in [5.41, 5.74) is 0.412. The molecule has 0 aromatic rings. The fourth-order valence-corrected chi connectivity index (χ4v) is 16.5. The summed E-state index contributed by atoms with van der Waals surface area (Å²) < 4.78 is 138. The Labute approximate surface area is 535 Å². The van der Waals surface area contributed by atoms with E-state index in [4.69, 9.17) is 0 Å². The van der Waals surface area contributed by atoms with Crippen LogP contribution in [-0.4, -0.2) is 24.5 Å². The van der Waals surface area contributed by atoms with Gasteiger partial charge in [-0.25, -0.2) is 8.78 Å². The van der Waals surface area contributed by atoms with Crippen LogP contribution >= 0.6 is 0 Å². The lowest BCUT2D eigenvalue weighted by molar-refractivity contribution is -0.260. The molecular formula is C77H139F11. The third-order valence-corrected chi connectivity index (χ3v) is 23.5. The van der Waals surface area contributed by atoms with Gasteiger partial charge in [0.15, 0.2) is 0 Å². The number of halogens is 11. The molecule has 88 heavy (non-hydrogen) atoms. The lowest BCUT2D eigenvalue weighted by Crippen LogP contribution is -2.55. The van der Waals surface area contributed by atoms with Crippen LogP contribution in [0.4, 0.5) is 48.3 Å². The topological polar surface area (TPSA) is 0 Å². The standard InChI is InChI=1S/C11H18F2.C11H20.C10H17F3.C10H20.C9H15F3.2C9H18.C8H13F3/c1-9(2,3)8-4-10(5-8)6-11(12,13)7-10;1-10(2,3)9-7-11(8-9)5-4-6-11;1-8(2,3)7-9(5-4-6-9)10(11,12)13;1-9(2,3)8-10(4)6-5-7-10;1-7(2,3)6-8(4-5-8)9(10,11)12;1-8(2,3)7-9(4)5-6-9;1-8(2,3)9(4)6-5-7-9;1-6(2,3)7(4-5-7)8(9,10)11/h8H,4-7H2,1-3H3;9H,4-8H2,1-3H3;4-7H2,1-3H3;5-8H2,1-4H3;4-6H2,1-3H3;2*5-7H2,1-4H3;4-5H2,1-3H3. The molecule has 0 N–H and O–H groups in total. The average molecular weight is 1270 g/mol. The molecule has 10 aliphatic rings. The maximum atomic E-state index is 12.7. The fraction of sp³-hybridized carbons (Fsp3) is 1.00. The second-order valence-corrected chi connectivity index (χ2v) is 41.8. The van der Waals surface area contributed by atoms with Gasteiger partial charge in [0.2, 0.25) is 5.92 Å². The van der Waals surface area contributed by atoms with Crippen LogP contribution in [0.1, 0.15) is 367 Å². The summed E-state index contributed by atoms with van der Waals surface area (Å²) in [7, 11) is 0. The van der Waals surface area contributed by atoms with Gasteiger partial charge in [0.05, 0.1) is 16.2 Å². The minimum atomic E-state index is -4.01. The Morgan fingerprint density at radius 1 is 0.307 bits per heavy atom. The Bertz CT molecular complexity index is 2090. The van der Waals surface area contributed by atoms with Crippen molar-refractivity contribution >= 4 is 0 Å². The zero-order valence-corrected chi connectivity index (χ0v) is 62.1. The van der Waals surface area contributed by atoms with Gasteiger partial charge in [-0.15, -0.1) is 0 Å². The van der Waals surface area contributed by atoms with Crippen molar-refractivity contribution in [1.29, 1.82) is 0 Å². The van der Waals surface area contributed by atoms with Gasteiger partial charge in [-0.1, -0.05) is 213 Å². The van der Waals surface area contributed by atoms with Crippen molar-refractivity contribution in [3.63, 3.8) is 0 Å². The van der Waals surface area contributed by atoms with Crippen LogP contribution in [-0.2, 0) is 0 Å². The van der Waals surface area contributed by atoms with Gasteiger partial charge < -0.3 is 0 Å². The summed E-state index contributed by atoms with van der Waals surface area (Å²) in [4.78, 5) is 0. The maximum absolute atomic E-state index is 12.7. The normalized spacial score (nSPS) is 25.4. The Kier molecular flexibility index (Phi) is 24.7. The van der Waals surface area contributed by atoms with E-state index in [1.54, 1.807) is 33.6 Å². The summed E-state index contributed by atoms with van der Waals surface area (Å²) in [6, 6.07) is 0. The zero-order valence-electron chi connectivity index (χ0n) is 62.1. The second-order valence-electron chi connectivity index (χ2n) is 41.8. The molecule has 0 atom stereocenters. The van der Waals surface area contributed by atoms with Gasteiger partial charge in [0.25, 0.3) is 0 Å². The Morgan fingerprint density at radius 2 is 0.602 bits per heavy atom. The summed E-state index contributed by atoms with van der Waals surface area (Å²) in [5.74, 6) is -0.630. The van der Waals surface area contributed by atoms with Crippen molar-refractivity contribution < 1.29 is 48.3 Å². The monoisotopic (exact) mass is 1270 g/mol. The van der Waals surface area contributed by atoms with E-state index in [0.717, 1.165) is 36.0 Å². The van der Waals surface area contributed by atoms with Crippen molar-refractivity contribution in [2.75, 3.05) is 0 Å². The van der Waals surface area contributed by atoms with Gasteiger partial charge in [0.1, 0.15) is 0 Å². The average Bonchev–Trinajstić information content (AvgIpc) is 4.05. The molecule has 0 amide bonds. The Morgan fingerprint density at radius 3 is 0.705 bits per heavy atom. The molecular weight excluding hydrogens is 1130 g/mol. The largest absolute Gasteiger partial charge is 0.395 e. The first kappa shape index (κ1) is 81.5. The van der Waals surface area contributed by atoms with Crippen molar-refractivity contribution in [3.8, 4) is 0 Å². The van der Waals surface area contributed by atoms with Gasteiger partial charge in [-0.05, 0) is 223 Å². The maximum Gasteiger partial charge on any atom is 0.395 e. The third-order valence-electron chi connectivity index (χ3n) is 23.5.